The van der Waals surface area contributed by atoms with E-state index >= 15 is 0 Å². The highest BCUT2D eigenvalue weighted by atomic mass is 19.4. The van der Waals surface area contributed by atoms with E-state index in [1.165, 1.54) is 18.3 Å². The van der Waals surface area contributed by atoms with Crippen LogP contribution in [0.15, 0.2) is 48.7 Å². The molecule has 0 spiro atoms. The molecule has 0 N–H and O–H groups in total. The highest BCUT2D eigenvalue weighted by molar-refractivity contribution is 5.52. The van der Waals surface area contributed by atoms with Gasteiger partial charge in [0.05, 0.1) is 6.54 Å². The van der Waals surface area contributed by atoms with Gasteiger partial charge in [0, 0.05) is 23.8 Å². The minimum absolute atomic E-state index is 0.200. The molecule has 184 valence electrons. The number of benzene rings is 2. The Bertz CT molecular complexity index is 1240. The topological polar surface area (TPSA) is 91.9 Å². The van der Waals surface area contributed by atoms with Crippen LogP contribution in [-0.2, 0) is 19.5 Å². The number of ether oxygens (including phenoxy) is 3. The molecule has 3 aromatic rings. The molecule has 1 atom stereocenters. The Morgan fingerprint density at radius 2 is 1.91 bits per heavy atom. The minimum atomic E-state index is -4.71. The second-order valence-electron chi connectivity index (χ2n) is 8.75. The Morgan fingerprint density at radius 1 is 1.17 bits per heavy atom. The number of hydrogen-bond acceptors (Lipinski definition) is 7. The first kappa shape index (κ1) is 22.8. The van der Waals surface area contributed by atoms with Gasteiger partial charge >= 0.3 is 18.2 Å². The molecule has 0 amide bonds. The third-order valence-electron chi connectivity index (χ3n) is 5.93. The van der Waals surface area contributed by atoms with Crippen LogP contribution < -0.4 is 19.1 Å². The Kier molecular flexibility index (Phi) is 5.45. The first-order valence-electron chi connectivity index (χ1n) is 10.8. The largest absolute Gasteiger partial charge is 0.573 e. The maximum absolute atomic E-state index is 12.4. The van der Waals surface area contributed by atoms with Crippen molar-refractivity contribution in [2.75, 3.05) is 18.1 Å². The van der Waals surface area contributed by atoms with Crippen molar-refractivity contribution in [1.82, 2.24) is 9.55 Å². The molecule has 0 radical (unpaired) electrons. The molecule has 9 nitrogen and oxygen atoms in total. The van der Waals surface area contributed by atoms with Crippen LogP contribution >= 0.6 is 0 Å². The average molecular weight is 490 g/mol. The van der Waals surface area contributed by atoms with Crippen LogP contribution in [0.25, 0.3) is 0 Å². The van der Waals surface area contributed by atoms with Crippen molar-refractivity contribution < 1.29 is 32.3 Å². The van der Waals surface area contributed by atoms with E-state index in [-0.39, 0.29) is 24.2 Å². The van der Waals surface area contributed by atoms with Gasteiger partial charge in [-0.3, -0.25) is 4.57 Å². The number of aromatic nitrogens is 2. The summed E-state index contributed by atoms with van der Waals surface area (Å²) in [4.78, 5) is 16.3. The van der Waals surface area contributed by atoms with Crippen molar-refractivity contribution in [1.29, 1.82) is 0 Å². The van der Waals surface area contributed by atoms with E-state index in [1.54, 1.807) is 16.7 Å². The van der Waals surface area contributed by atoms with Crippen molar-refractivity contribution >= 4 is 11.5 Å². The van der Waals surface area contributed by atoms with Crippen LogP contribution in [0.5, 0.6) is 17.5 Å². The molecule has 35 heavy (non-hydrogen) atoms. The zero-order chi connectivity index (χ0) is 24.8. The summed E-state index contributed by atoms with van der Waals surface area (Å²) >= 11 is 0. The molecule has 0 unspecified atom stereocenters. The molecule has 2 aliphatic heterocycles. The van der Waals surface area contributed by atoms with E-state index in [0.29, 0.717) is 25.4 Å². The fourth-order valence-corrected chi connectivity index (χ4v) is 4.29. The number of halogens is 3. The molecule has 2 aliphatic rings. The first-order chi connectivity index (χ1) is 16.6. The van der Waals surface area contributed by atoms with Gasteiger partial charge in [0.25, 0.3) is 0 Å². The van der Waals surface area contributed by atoms with Crippen LogP contribution in [0.1, 0.15) is 18.1 Å². The van der Waals surface area contributed by atoms with Crippen LogP contribution in [0.4, 0.5) is 24.7 Å². The number of imidazole rings is 1. The van der Waals surface area contributed by atoms with E-state index in [4.69, 9.17) is 9.47 Å². The molecule has 12 heteroatoms. The van der Waals surface area contributed by atoms with Gasteiger partial charge in [0.15, 0.2) is 5.60 Å². The second-order valence-corrected chi connectivity index (χ2v) is 8.75. The van der Waals surface area contributed by atoms with Gasteiger partial charge in [-0.05, 0) is 65.8 Å². The number of hydrogen-bond donors (Lipinski definition) is 0. The van der Waals surface area contributed by atoms with Gasteiger partial charge in [-0.15, -0.1) is 13.2 Å². The average Bonchev–Trinajstić information content (AvgIpc) is 3.32. The summed E-state index contributed by atoms with van der Waals surface area (Å²) in [5, 5.41) is 10.9. The monoisotopic (exact) mass is 490 g/mol. The summed E-state index contributed by atoms with van der Waals surface area (Å²) < 4.78 is 54.4. The van der Waals surface area contributed by atoms with Gasteiger partial charge in [-0.1, -0.05) is 6.07 Å². The normalized spacial score (nSPS) is 19.0. The Balaban J connectivity index is 1.19. The number of anilines is 1. The van der Waals surface area contributed by atoms with Crippen LogP contribution in [-0.4, -0.2) is 39.6 Å². The number of alkyl halides is 3. The maximum atomic E-state index is 12.4. The van der Waals surface area contributed by atoms with Crippen molar-refractivity contribution in [3.05, 3.63) is 69.9 Å². The van der Waals surface area contributed by atoms with Gasteiger partial charge in [0.2, 0.25) is 0 Å². The minimum Gasteiger partial charge on any atom is -0.489 e. The first-order valence-corrected chi connectivity index (χ1v) is 10.8. The Morgan fingerprint density at radius 3 is 2.60 bits per heavy atom. The molecule has 2 aromatic carbocycles. The highest BCUT2D eigenvalue weighted by Gasteiger charge is 2.41. The van der Waals surface area contributed by atoms with Gasteiger partial charge in [0.1, 0.15) is 24.3 Å². The Hall–Kier alpha value is -3.96. The number of nitrogens with zero attached hydrogens (tertiary/aromatic N) is 4. The van der Waals surface area contributed by atoms with Crippen LogP contribution in [0.2, 0.25) is 0 Å². The zero-order valence-electron chi connectivity index (χ0n) is 18.6. The lowest BCUT2D eigenvalue weighted by atomic mass is 9.99. The van der Waals surface area contributed by atoms with E-state index in [0.717, 1.165) is 23.2 Å². The standard InChI is InChI=1S/C23H21F3N4O5/c1-22(13-29-12-20(30(31)32)27-21(29)35-22)14-33-19-5-2-16-11-28(9-8-15(16)10-19)17-3-6-18(7-4-17)34-23(24,25)26/h2-7,10,12H,8-9,11,13-14H2,1H3/t22-/m0/s1. The zero-order valence-corrected chi connectivity index (χ0v) is 18.6. The van der Waals surface area contributed by atoms with Crippen molar-refractivity contribution in [3.63, 3.8) is 0 Å². The van der Waals surface area contributed by atoms with Crippen LogP contribution in [0.3, 0.4) is 0 Å². The van der Waals surface area contributed by atoms with E-state index < -0.39 is 16.9 Å². The summed E-state index contributed by atoms with van der Waals surface area (Å²) in [6.45, 7) is 3.80. The van der Waals surface area contributed by atoms with Crippen molar-refractivity contribution in [3.8, 4) is 17.5 Å². The maximum Gasteiger partial charge on any atom is 0.573 e. The molecule has 0 fully saturated rings. The van der Waals surface area contributed by atoms with E-state index in [2.05, 4.69) is 14.6 Å². The van der Waals surface area contributed by atoms with E-state index in [9.17, 15) is 23.3 Å². The molecule has 0 aliphatic carbocycles. The van der Waals surface area contributed by atoms with Gasteiger partial charge < -0.3 is 29.2 Å². The highest BCUT2D eigenvalue weighted by Crippen LogP contribution is 2.33. The molecular weight excluding hydrogens is 469 g/mol. The lowest BCUT2D eigenvalue weighted by Gasteiger charge is -2.31. The summed E-state index contributed by atoms with van der Waals surface area (Å²) in [5.41, 5.74) is 2.35. The van der Waals surface area contributed by atoms with Gasteiger partial charge in [-0.2, -0.15) is 0 Å². The molecule has 5 rings (SSSR count). The predicted octanol–water partition coefficient (Wildman–Crippen LogP) is 4.48. The second kappa shape index (κ2) is 8.36. The molecule has 1 aromatic heterocycles. The van der Waals surface area contributed by atoms with Crippen molar-refractivity contribution in [2.24, 2.45) is 0 Å². The predicted molar refractivity (Wildman–Crippen MR) is 118 cm³/mol. The third kappa shape index (κ3) is 4.96. The fourth-order valence-electron chi connectivity index (χ4n) is 4.29. The SMILES string of the molecule is C[C@@]1(COc2ccc3c(c2)CCN(c2ccc(OC(F)(F)F)cc2)C3)Cn2cc([N+](=O)[O-])nc2O1. The summed E-state index contributed by atoms with van der Waals surface area (Å²) in [7, 11) is 0. The molecule has 0 bridgehead atoms. The summed E-state index contributed by atoms with van der Waals surface area (Å²) in [6, 6.07) is 11.9. The number of rotatable bonds is 6. The number of nitro groups is 1. The summed E-state index contributed by atoms with van der Waals surface area (Å²) in [6.07, 6.45) is -2.61. The van der Waals surface area contributed by atoms with Crippen LogP contribution in [0, 0.1) is 10.1 Å². The molecule has 0 saturated carbocycles. The van der Waals surface area contributed by atoms with E-state index in [1.807, 2.05) is 25.1 Å². The number of fused-ring (bicyclic) bond motifs is 2. The summed E-state index contributed by atoms with van der Waals surface area (Å²) in [5.74, 6) is 0.186. The smallest absolute Gasteiger partial charge is 0.489 e. The quantitative estimate of drug-likeness (QED) is 0.372. The molecular formula is C23H21F3N4O5. The lowest BCUT2D eigenvalue weighted by Crippen LogP contribution is -2.38. The molecule has 0 saturated heterocycles. The third-order valence-corrected chi connectivity index (χ3v) is 5.93. The fraction of sp³-hybridized carbons (Fsp3) is 0.348. The van der Waals surface area contributed by atoms with Crippen molar-refractivity contribution in [2.45, 2.75) is 38.4 Å². The lowest BCUT2D eigenvalue weighted by molar-refractivity contribution is -0.389. The van der Waals surface area contributed by atoms with Gasteiger partial charge in [-0.25, -0.2) is 0 Å². The molecule has 3 heterocycles. The Labute approximate surface area is 197 Å².